The number of hydrogen-bond donors (Lipinski definition) is 1. The first kappa shape index (κ1) is 15.3. The van der Waals surface area contributed by atoms with E-state index in [0.29, 0.717) is 13.1 Å². The molecule has 6 heteroatoms. The molecule has 0 saturated carbocycles. The molecule has 1 fully saturated rings. The quantitative estimate of drug-likeness (QED) is 0.909. The lowest BCUT2D eigenvalue weighted by Crippen LogP contribution is -2.58. The first-order chi connectivity index (χ1) is 9.93. The fraction of sp³-hybridized carbons (Fsp3) is 0.467. The number of carbonyl (C=O) groups is 1. The molecule has 0 aliphatic carbocycles. The molecule has 1 amide bonds. The molecule has 0 radical (unpaired) electrons. The normalized spacial score (nSPS) is 24.4. The van der Waals surface area contributed by atoms with Crippen molar-refractivity contribution >= 4 is 6.09 Å². The van der Waals surface area contributed by atoms with Gasteiger partial charge in [-0.2, -0.15) is 5.26 Å². The lowest BCUT2D eigenvalue weighted by molar-refractivity contribution is 0.0311. The first-order valence-corrected chi connectivity index (χ1v) is 6.84. The van der Waals surface area contributed by atoms with Crippen LogP contribution in [-0.2, 0) is 0 Å². The largest absolute Gasteiger partial charge is 0.465 e. The second-order valence-electron chi connectivity index (χ2n) is 5.41. The zero-order chi connectivity index (χ0) is 15.6. The standard InChI is InChI=1S/C15H18FN3O2/c1-10-9-19(15(20)21)11(2)8-18(10)14(7-17)12-3-5-13(16)6-4-12/h3-6,10-11,14H,8-9H2,1-2H3,(H,20,21). The van der Waals surface area contributed by atoms with E-state index in [1.54, 1.807) is 12.1 Å². The minimum Gasteiger partial charge on any atom is -0.465 e. The Balaban J connectivity index is 2.21. The molecule has 1 heterocycles. The number of hydrogen-bond acceptors (Lipinski definition) is 3. The van der Waals surface area contributed by atoms with Gasteiger partial charge in [0.05, 0.1) is 6.07 Å². The highest BCUT2D eigenvalue weighted by Crippen LogP contribution is 2.27. The molecule has 0 aromatic heterocycles. The Morgan fingerprint density at radius 2 is 1.95 bits per heavy atom. The van der Waals surface area contributed by atoms with Crippen LogP contribution in [0.25, 0.3) is 0 Å². The molecular weight excluding hydrogens is 273 g/mol. The lowest BCUT2D eigenvalue weighted by atomic mass is 10.0. The molecule has 1 aromatic carbocycles. The molecule has 1 saturated heterocycles. The minimum atomic E-state index is -0.940. The van der Waals surface area contributed by atoms with E-state index in [1.807, 2.05) is 18.7 Å². The smallest absolute Gasteiger partial charge is 0.407 e. The topological polar surface area (TPSA) is 67.6 Å². The average molecular weight is 291 g/mol. The van der Waals surface area contributed by atoms with Crippen LogP contribution in [0.3, 0.4) is 0 Å². The van der Waals surface area contributed by atoms with Gasteiger partial charge in [0.1, 0.15) is 11.9 Å². The van der Waals surface area contributed by atoms with Gasteiger partial charge in [-0.3, -0.25) is 4.90 Å². The van der Waals surface area contributed by atoms with Crippen LogP contribution in [0.1, 0.15) is 25.5 Å². The number of nitrogens with zero attached hydrogens (tertiary/aromatic N) is 3. The molecule has 2 rings (SSSR count). The predicted octanol–water partition coefficient (Wildman–Crippen LogP) is 2.46. The third-order valence-corrected chi connectivity index (χ3v) is 3.92. The number of benzene rings is 1. The fourth-order valence-electron chi connectivity index (χ4n) is 2.76. The summed E-state index contributed by atoms with van der Waals surface area (Å²) in [5.41, 5.74) is 0.724. The highest BCUT2D eigenvalue weighted by Gasteiger charge is 2.36. The highest BCUT2D eigenvalue weighted by atomic mass is 19.1. The summed E-state index contributed by atoms with van der Waals surface area (Å²) in [5.74, 6) is -0.340. The van der Waals surface area contributed by atoms with E-state index < -0.39 is 12.1 Å². The maximum absolute atomic E-state index is 13.0. The van der Waals surface area contributed by atoms with E-state index in [2.05, 4.69) is 6.07 Å². The van der Waals surface area contributed by atoms with Crippen LogP contribution in [0.5, 0.6) is 0 Å². The van der Waals surface area contributed by atoms with Crippen molar-refractivity contribution < 1.29 is 14.3 Å². The van der Waals surface area contributed by atoms with Gasteiger partial charge in [-0.1, -0.05) is 12.1 Å². The first-order valence-electron chi connectivity index (χ1n) is 6.84. The van der Waals surface area contributed by atoms with E-state index >= 15 is 0 Å². The Kier molecular flexibility index (Phi) is 4.43. The molecule has 112 valence electrons. The van der Waals surface area contributed by atoms with Crippen molar-refractivity contribution in [3.05, 3.63) is 35.6 Å². The van der Waals surface area contributed by atoms with Gasteiger partial charge in [-0.25, -0.2) is 9.18 Å². The van der Waals surface area contributed by atoms with Gasteiger partial charge in [0, 0.05) is 25.2 Å². The van der Waals surface area contributed by atoms with Crippen molar-refractivity contribution in [1.82, 2.24) is 9.80 Å². The van der Waals surface area contributed by atoms with E-state index in [0.717, 1.165) is 5.56 Å². The van der Waals surface area contributed by atoms with Crippen LogP contribution < -0.4 is 0 Å². The van der Waals surface area contributed by atoms with Crippen molar-refractivity contribution in [1.29, 1.82) is 5.26 Å². The Labute approximate surface area is 123 Å². The predicted molar refractivity (Wildman–Crippen MR) is 75.1 cm³/mol. The fourth-order valence-corrected chi connectivity index (χ4v) is 2.76. The molecule has 0 spiro atoms. The van der Waals surface area contributed by atoms with Crippen molar-refractivity contribution in [2.45, 2.75) is 32.0 Å². The van der Waals surface area contributed by atoms with E-state index in [9.17, 15) is 14.4 Å². The molecule has 1 aliphatic rings. The summed E-state index contributed by atoms with van der Waals surface area (Å²) < 4.78 is 13.0. The van der Waals surface area contributed by atoms with E-state index in [-0.39, 0.29) is 17.9 Å². The summed E-state index contributed by atoms with van der Waals surface area (Å²) in [7, 11) is 0. The summed E-state index contributed by atoms with van der Waals surface area (Å²) >= 11 is 0. The molecule has 1 aromatic rings. The van der Waals surface area contributed by atoms with Crippen molar-refractivity contribution in [3.63, 3.8) is 0 Å². The third kappa shape index (κ3) is 3.14. The van der Waals surface area contributed by atoms with E-state index in [4.69, 9.17) is 5.11 Å². The maximum atomic E-state index is 13.0. The summed E-state index contributed by atoms with van der Waals surface area (Å²) in [6.07, 6.45) is -0.940. The van der Waals surface area contributed by atoms with Crippen LogP contribution in [0, 0.1) is 17.1 Å². The van der Waals surface area contributed by atoms with Crippen LogP contribution in [0.2, 0.25) is 0 Å². The number of carboxylic acid groups (broad SMARTS) is 1. The van der Waals surface area contributed by atoms with Crippen LogP contribution >= 0.6 is 0 Å². The number of piperazine rings is 1. The summed E-state index contributed by atoms with van der Waals surface area (Å²) in [6, 6.07) is 7.35. The molecular formula is C15H18FN3O2. The molecule has 1 N–H and O–H groups in total. The lowest BCUT2D eigenvalue weighted by Gasteiger charge is -2.44. The summed E-state index contributed by atoms with van der Waals surface area (Å²) in [5, 5.41) is 18.6. The van der Waals surface area contributed by atoms with Crippen molar-refractivity contribution in [2.24, 2.45) is 0 Å². The zero-order valence-corrected chi connectivity index (χ0v) is 12.0. The molecule has 1 aliphatic heterocycles. The average Bonchev–Trinajstić information content (AvgIpc) is 2.44. The Morgan fingerprint density at radius 3 is 2.48 bits per heavy atom. The minimum absolute atomic E-state index is 0.0768. The number of halogens is 1. The maximum Gasteiger partial charge on any atom is 0.407 e. The van der Waals surface area contributed by atoms with Gasteiger partial charge in [0.25, 0.3) is 0 Å². The number of rotatable bonds is 2. The Bertz CT molecular complexity index is 555. The van der Waals surface area contributed by atoms with Crippen LogP contribution in [0.4, 0.5) is 9.18 Å². The van der Waals surface area contributed by atoms with Crippen molar-refractivity contribution in [3.8, 4) is 6.07 Å². The molecule has 3 atom stereocenters. The SMILES string of the molecule is CC1CN(C(C#N)c2ccc(F)cc2)C(C)CN1C(=O)O. The van der Waals surface area contributed by atoms with Crippen LogP contribution in [0.15, 0.2) is 24.3 Å². The van der Waals surface area contributed by atoms with Crippen LogP contribution in [-0.4, -0.2) is 46.2 Å². The van der Waals surface area contributed by atoms with Crippen molar-refractivity contribution in [2.75, 3.05) is 13.1 Å². The van der Waals surface area contributed by atoms with Gasteiger partial charge < -0.3 is 10.0 Å². The van der Waals surface area contributed by atoms with E-state index in [1.165, 1.54) is 17.0 Å². The summed E-state index contributed by atoms with van der Waals surface area (Å²) in [4.78, 5) is 14.5. The second kappa shape index (κ2) is 6.10. The highest BCUT2D eigenvalue weighted by molar-refractivity contribution is 5.65. The van der Waals surface area contributed by atoms with Gasteiger partial charge in [0.15, 0.2) is 0 Å². The second-order valence-corrected chi connectivity index (χ2v) is 5.41. The van der Waals surface area contributed by atoms with Gasteiger partial charge in [-0.05, 0) is 31.5 Å². The Morgan fingerprint density at radius 1 is 1.33 bits per heavy atom. The Hall–Kier alpha value is -2.13. The molecule has 3 unspecified atom stereocenters. The number of nitriles is 1. The summed E-state index contributed by atoms with van der Waals surface area (Å²) in [6.45, 7) is 4.56. The zero-order valence-electron chi connectivity index (χ0n) is 12.0. The molecule has 21 heavy (non-hydrogen) atoms. The number of amides is 1. The van der Waals surface area contributed by atoms with Gasteiger partial charge in [-0.15, -0.1) is 0 Å². The monoisotopic (exact) mass is 291 g/mol. The molecule has 5 nitrogen and oxygen atoms in total. The van der Waals surface area contributed by atoms with Gasteiger partial charge >= 0.3 is 6.09 Å². The van der Waals surface area contributed by atoms with Gasteiger partial charge in [0.2, 0.25) is 0 Å². The third-order valence-electron chi connectivity index (χ3n) is 3.92. The molecule has 0 bridgehead atoms.